The third-order valence-electron chi connectivity index (χ3n) is 7.08. The number of nitrogens with one attached hydrogen (secondary N) is 4. The molecule has 0 spiro atoms. The Bertz CT molecular complexity index is 1100. The van der Waals surface area contributed by atoms with Crippen LogP contribution in [0.5, 0.6) is 5.75 Å². The molecule has 0 radical (unpaired) electrons. The lowest BCUT2D eigenvalue weighted by Gasteiger charge is -2.39. The number of piperidine rings is 2. The molecule has 2 aromatic rings. The summed E-state index contributed by atoms with van der Waals surface area (Å²) in [5, 5.41) is 21.5. The van der Waals surface area contributed by atoms with Crippen LogP contribution in [0, 0.1) is 17.2 Å². The Morgan fingerprint density at radius 3 is 2.71 bits per heavy atom. The first kappa shape index (κ1) is 23.2. The molecule has 4 unspecified atom stereocenters. The van der Waals surface area contributed by atoms with E-state index in [1.807, 2.05) is 24.4 Å². The van der Waals surface area contributed by atoms with Gasteiger partial charge in [0.05, 0.1) is 48.5 Å². The van der Waals surface area contributed by atoms with Gasteiger partial charge in [-0.15, -0.1) is 0 Å². The van der Waals surface area contributed by atoms with Crippen LogP contribution >= 0.6 is 0 Å². The van der Waals surface area contributed by atoms with Crippen LogP contribution in [-0.2, 0) is 4.79 Å². The lowest BCUT2D eigenvalue weighted by molar-refractivity contribution is -0.131. The highest BCUT2D eigenvalue weighted by Crippen LogP contribution is 2.34. The average molecular weight is 477 g/mol. The van der Waals surface area contributed by atoms with Gasteiger partial charge >= 0.3 is 0 Å². The maximum Gasteiger partial charge on any atom is 0.244 e. The van der Waals surface area contributed by atoms with Gasteiger partial charge < -0.3 is 20.3 Å². The minimum absolute atomic E-state index is 0.0119. The first-order chi connectivity index (χ1) is 17.1. The van der Waals surface area contributed by atoms with E-state index in [1.54, 1.807) is 20.2 Å². The predicted molar refractivity (Wildman–Crippen MR) is 134 cm³/mol. The monoisotopic (exact) mass is 476 g/mol. The van der Waals surface area contributed by atoms with Crippen LogP contribution < -0.4 is 31.0 Å². The SMILES string of the molecule is COc1c(C#N)cccc1NC1CC(Nc2ccc(N3CCCCC3)cn2)NC2NN(C)C(=O)C12. The van der Waals surface area contributed by atoms with Gasteiger partial charge in [-0.3, -0.25) is 15.1 Å². The zero-order valence-electron chi connectivity index (χ0n) is 20.1. The van der Waals surface area contributed by atoms with E-state index in [2.05, 4.69) is 43.4 Å². The minimum atomic E-state index is -0.317. The number of hydrogen-bond donors (Lipinski definition) is 4. The molecule has 184 valence electrons. The summed E-state index contributed by atoms with van der Waals surface area (Å²) in [6.45, 7) is 2.16. The van der Waals surface area contributed by atoms with Gasteiger partial charge in [0.1, 0.15) is 11.9 Å². The molecule has 3 aliphatic rings. The fraction of sp³-hybridized carbons (Fsp3) is 0.480. The molecular formula is C25H32N8O2. The van der Waals surface area contributed by atoms with Crippen LogP contribution in [0.4, 0.5) is 17.2 Å². The fourth-order valence-corrected chi connectivity index (χ4v) is 5.35. The number of methoxy groups -OCH3 is 1. The summed E-state index contributed by atoms with van der Waals surface area (Å²) in [7, 11) is 3.28. The van der Waals surface area contributed by atoms with E-state index in [9.17, 15) is 10.1 Å². The number of amides is 1. The third kappa shape index (κ3) is 4.70. The van der Waals surface area contributed by atoms with Crippen molar-refractivity contribution in [2.24, 2.45) is 5.92 Å². The van der Waals surface area contributed by atoms with Crippen molar-refractivity contribution in [3.05, 3.63) is 42.1 Å². The lowest BCUT2D eigenvalue weighted by atomic mass is 9.88. The van der Waals surface area contributed by atoms with Crippen molar-refractivity contribution in [3.8, 4) is 11.8 Å². The molecular weight excluding hydrogens is 444 g/mol. The number of fused-ring (bicyclic) bond motifs is 1. The number of anilines is 3. The number of hydrogen-bond acceptors (Lipinski definition) is 9. The number of carbonyl (C=O) groups excluding carboxylic acids is 1. The van der Waals surface area contributed by atoms with Crippen LogP contribution in [-0.4, -0.2) is 61.5 Å². The van der Waals surface area contributed by atoms with E-state index >= 15 is 0 Å². The Hall–Kier alpha value is -3.55. The van der Waals surface area contributed by atoms with E-state index in [0.717, 1.165) is 24.6 Å². The Morgan fingerprint density at radius 2 is 2.00 bits per heavy atom. The van der Waals surface area contributed by atoms with E-state index in [-0.39, 0.29) is 30.2 Å². The molecule has 10 nitrogen and oxygen atoms in total. The molecule has 1 aromatic carbocycles. The summed E-state index contributed by atoms with van der Waals surface area (Å²) in [6, 6.07) is 11.5. The van der Waals surface area contributed by atoms with Gasteiger partial charge in [0, 0.05) is 32.6 Å². The first-order valence-corrected chi connectivity index (χ1v) is 12.2. The highest BCUT2D eigenvalue weighted by molar-refractivity contribution is 5.82. The molecule has 35 heavy (non-hydrogen) atoms. The number of benzene rings is 1. The van der Waals surface area contributed by atoms with E-state index < -0.39 is 0 Å². The first-order valence-electron chi connectivity index (χ1n) is 12.2. The molecule has 0 saturated carbocycles. The second-order valence-electron chi connectivity index (χ2n) is 9.33. The summed E-state index contributed by atoms with van der Waals surface area (Å²) in [5.74, 6) is 0.958. The number of aromatic nitrogens is 1. The number of hydrazine groups is 1. The zero-order chi connectivity index (χ0) is 24.4. The van der Waals surface area contributed by atoms with E-state index in [0.29, 0.717) is 23.4 Å². The highest BCUT2D eigenvalue weighted by Gasteiger charge is 2.48. The van der Waals surface area contributed by atoms with Gasteiger partial charge in [-0.25, -0.2) is 10.4 Å². The second kappa shape index (κ2) is 9.98. The normalized spacial score (nSPS) is 26.1. The maximum absolute atomic E-state index is 12.9. The number of carbonyl (C=O) groups is 1. The number of para-hydroxylation sites is 1. The van der Waals surface area contributed by atoms with Crippen molar-refractivity contribution >= 4 is 23.1 Å². The summed E-state index contributed by atoms with van der Waals surface area (Å²) < 4.78 is 5.51. The minimum Gasteiger partial charge on any atom is -0.493 e. The van der Waals surface area contributed by atoms with Crippen LogP contribution in [0.25, 0.3) is 0 Å². The van der Waals surface area contributed by atoms with Crippen molar-refractivity contribution < 1.29 is 9.53 Å². The Kier molecular flexibility index (Phi) is 6.61. The van der Waals surface area contributed by atoms with E-state index in [4.69, 9.17) is 4.74 Å². The summed E-state index contributed by atoms with van der Waals surface area (Å²) in [5.41, 5.74) is 5.52. The van der Waals surface area contributed by atoms with E-state index in [1.165, 1.54) is 24.3 Å². The van der Waals surface area contributed by atoms with Crippen molar-refractivity contribution in [3.63, 3.8) is 0 Å². The molecule has 4 heterocycles. The number of ether oxygens (including phenoxy) is 1. The van der Waals surface area contributed by atoms with Crippen LogP contribution in [0.1, 0.15) is 31.2 Å². The average Bonchev–Trinajstić information content (AvgIpc) is 3.18. The van der Waals surface area contributed by atoms with Crippen LogP contribution in [0.3, 0.4) is 0 Å². The Labute approximate surface area is 205 Å². The smallest absolute Gasteiger partial charge is 0.244 e. The molecule has 3 saturated heterocycles. The predicted octanol–water partition coefficient (Wildman–Crippen LogP) is 2.08. The van der Waals surface area contributed by atoms with Crippen LogP contribution in [0.2, 0.25) is 0 Å². The van der Waals surface area contributed by atoms with Crippen molar-refractivity contribution in [2.45, 2.75) is 44.1 Å². The van der Waals surface area contributed by atoms with Gasteiger partial charge in [-0.05, 0) is 43.5 Å². The molecule has 1 amide bonds. The van der Waals surface area contributed by atoms with Gasteiger partial charge in [-0.2, -0.15) is 5.26 Å². The summed E-state index contributed by atoms with van der Waals surface area (Å²) >= 11 is 0. The molecule has 1 aromatic heterocycles. The molecule has 0 bridgehead atoms. The molecule has 10 heteroatoms. The van der Waals surface area contributed by atoms with Crippen LogP contribution in [0.15, 0.2) is 36.5 Å². The summed E-state index contributed by atoms with van der Waals surface area (Å²) in [6.07, 6.45) is 5.94. The number of nitriles is 1. The number of pyridine rings is 1. The number of rotatable bonds is 6. The van der Waals surface area contributed by atoms with Crippen molar-refractivity contribution in [1.29, 1.82) is 5.26 Å². The van der Waals surface area contributed by atoms with Gasteiger partial charge in [0.2, 0.25) is 5.91 Å². The molecule has 0 aliphatic carbocycles. The molecule has 4 N–H and O–H groups in total. The molecule has 3 aliphatic heterocycles. The second-order valence-corrected chi connectivity index (χ2v) is 9.33. The molecule has 4 atom stereocenters. The van der Waals surface area contributed by atoms with Gasteiger partial charge in [-0.1, -0.05) is 6.07 Å². The largest absolute Gasteiger partial charge is 0.493 e. The number of nitrogens with zero attached hydrogens (tertiary/aromatic N) is 4. The standard InChI is InChI=1S/C25H32N8O2/c1-32-25(34)22-19(28-18-8-6-7-16(14-26)23(18)35-2)13-21(30-24(22)31-32)29-20-10-9-17(15-27-20)33-11-4-3-5-12-33/h6-10,15,19,21-22,24,28,30-31H,3-5,11-13H2,1-2H3,(H,27,29). The van der Waals surface area contributed by atoms with Crippen molar-refractivity contribution in [1.82, 2.24) is 20.7 Å². The Balaban J connectivity index is 1.33. The van der Waals surface area contributed by atoms with Crippen molar-refractivity contribution in [2.75, 3.05) is 42.8 Å². The maximum atomic E-state index is 12.9. The zero-order valence-corrected chi connectivity index (χ0v) is 20.1. The van der Waals surface area contributed by atoms with Gasteiger partial charge in [0.25, 0.3) is 0 Å². The fourth-order valence-electron chi connectivity index (χ4n) is 5.35. The highest BCUT2D eigenvalue weighted by atomic mass is 16.5. The summed E-state index contributed by atoms with van der Waals surface area (Å²) in [4.78, 5) is 20.0. The Morgan fingerprint density at radius 1 is 1.17 bits per heavy atom. The van der Waals surface area contributed by atoms with Gasteiger partial charge in [0.15, 0.2) is 5.75 Å². The molecule has 3 fully saturated rings. The third-order valence-corrected chi connectivity index (χ3v) is 7.08. The lowest BCUT2D eigenvalue weighted by Crippen LogP contribution is -2.60. The topological polar surface area (TPSA) is 118 Å². The molecule has 5 rings (SSSR count). The quantitative estimate of drug-likeness (QED) is 0.497.